The summed E-state index contributed by atoms with van der Waals surface area (Å²) in [5.41, 5.74) is 20.6. The van der Waals surface area contributed by atoms with Crippen molar-refractivity contribution in [1.82, 2.24) is 0 Å². The number of anilines is 2. The van der Waals surface area contributed by atoms with Crippen LogP contribution in [0.1, 0.15) is 27.0 Å². The molecule has 1 amide bonds. The summed E-state index contributed by atoms with van der Waals surface area (Å²) in [5, 5.41) is 0. The Hall–Kier alpha value is -1.71. The molecule has 4 heteroatoms. The minimum atomic E-state index is -0.463. The number of carbonyl (C=O) groups excluding carboxylic acids is 1. The van der Waals surface area contributed by atoms with Crippen LogP contribution in [0.4, 0.5) is 11.4 Å². The maximum Gasteiger partial charge on any atom is 0.249 e. The molecular formula is C10H15N3O. The molecule has 0 aromatic heterocycles. The zero-order chi connectivity index (χ0) is 11.0. The molecule has 0 heterocycles. The van der Waals surface area contributed by atoms with E-state index in [2.05, 4.69) is 0 Å². The molecule has 1 aromatic carbocycles. The van der Waals surface area contributed by atoms with Crippen molar-refractivity contribution in [3.05, 3.63) is 22.3 Å². The van der Waals surface area contributed by atoms with Crippen molar-refractivity contribution in [2.24, 2.45) is 5.73 Å². The lowest BCUT2D eigenvalue weighted by molar-refractivity contribution is 0.0999. The van der Waals surface area contributed by atoms with Crippen LogP contribution in [-0.2, 0) is 0 Å². The average Bonchev–Trinajstić information content (AvgIpc) is 2.11. The molecule has 0 unspecified atom stereocenters. The second kappa shape index (κ2) is 3.21. The van der Waals surface area contributed by atoms with E-state index in [1.807, 2.05) is 13.8 Å². The van der Waals surface area contributed by atoms with Crippen LogP contribution in [0.3, 0.4) is 0 Å². The molecule has 0 saturated heterocycles. The Balaban J connectivity index is 3.68. The summed E-state index contributed by atoms with van der Waals surface area (Å²) in [7, 11) is 0. The standard InChI is InChI=1S/C10H15N3O/c1-4-5(2)8(11)9(12)6(3)7(4)10(13)14/h11-12H2,1-3H3,(H2,13,14). The molecule has 0 spiro atoms. The monoisotopic (exact) mass is 193 g/mol. The SMILES string of the molecule is Cc1c(C)c(C(N)=O)c(C)c(N)c1N. The van der Waals surface area contributed by atoms with Gasteiger partial charge in [-0.3, -0.25) is 4.79 Å². The highest BCUT2D eigenvalue weighted by Gasteiger charge is 2.16. The number of hydrogen-bond acceptors (Lipinski definition) is 3. The van der Waals surface area contributed by atoms with E-state index in [0.29, 0.717) is 22.5 Å². The summed E-state index contributed by atoms with van der Waals surface area (Å²) in [6, 6.07) is 0. The van der Waals surface area contributed by atoms with Gasteiger partial charge >= 0.3 is 0 Å². The summed E-state index contributed by atoms with van der Waals surface area (Å²) in [6.45, 7) is 5.39. The van der Waals surface area contributed by atoms with E-state index in [4.69, 9.17) is 17.2 Å². The molecule has 76 valence electrons. The minimum absolute atomic E-state index is 0.446. The van der Waals surface area contributed by atoms with Gasteiger partial charge in [-0.05, 0) is 37.5 Å². The van der Waals surface area contributed by atoms with Crippen molar-refractivity contribution in [3.63, 3.8) is 0 Å². The van der Waals surface area contributed by atoms with Gasteiger partial charge < -0.3 is 17.2 Å². The van der Waals surface area contributed by atoms with Gasteiger partial charge in [-0.2, -0.15) is 0 Å². The number of rotatable bonds is 1. The average molecular weight is 193 g/mol. The molecule has 0 aliphatic heterocycles. The van der Waals surface area contributed by atoms with Crippen molar-refractivity contribution in [2.75, 3.05) is 11.5 Å². The number of hydrogen-bond donors (Lipinski definition) is 3. The van der Waals surface area contributed by atoms with Crippen LogP contribution in [0.15, 0.2) is 0 Å². The first-order valence-electron chi connectivity index (χ1n) is 4.32. The van der Waals surface area contributed by atoms with Crippen molar-refractivity contribution in [1.29, 1.82) is 0 Å². The van der Waals surface area contributed by atoms with Crippen molar-refractivity contribution in [3.8, 4) is 0 Å². The second-order valence-corrected chi connectivity index (χ2v) is 3.44. The molecule has 4 nitrogen and oxygen atoms in total. The van der Waals surface area contributed by atoms with Crippen molar-refractivity contribution < 1.29 is 4.79 Å². The van der Waals surface area contributed by atoms with Gasteiger partial charge in [-0.1, -0.05) is 0 Å². The van der Waals surface area contributed by atoms with E-state index in [-0.39, 0.29) is 0 Å². The van der Waals surface area contributed by atoms with Gasteiger partial charge in [0.25, 0.3) is 0 Å². The molecule has 1 aromatic rings. The van der Waals surface area contributed by atoms with Crippen LogP contribution >= 0.6 is 0 Å². The first-order chi connectivity index (χ1) is 6.37. The molecule has 0 saturated carbocycles. The predicted molar refractivity (Wildman–Crippen MR) is 58.0 cm³/mol. The van der Waals surface area contributed by atoms with Gasteiger partial charge in [0, 0.05) is 5.56 Å². The molecule has 0 radical (unpaired) electrons. The highest BCUT2D eigenvalue weighted by molar-refractivity contribution is 5.99. The minimum Gasteiger partial charge on any atom is -0.397 e. The van der Waals surface area contributed by atoms with Gasteiger partial charge in [-0.25, -0.2) is 0 Å². The second-order valence-electron chi connectivity index (χ2n) is 3.44. The normalized spacial score (nSPS) is 10.2. The Labute approximate surface area is 83.1 Å². The van der Waals surface area contributed by atoms with E-state index in [9.17, 15) is 4.79 Å². The number of amides is 1. The van der Waals surface area contributed by atoms with Crippen LogP contribution in [0.2, 0.25) is 0 Å². The molecule has 0 aliphatic rings. The van der Waals surface area contributed by atoms with Crippen molar-refractivity contribution in [2.45, 2.75) is 20.8 Å². The summed E-state index contributed by atoms with van der Waals surface area (Å²) < 4.78 is 0. The van der Waals surface area contributed by atoms with Gasteiger partial charge in [0.05, 0.1) is 11.4 Å². The van der Waals surface area contributed by atoms with Crippen LogP contribution in [0, 0.1) is 20.8 Å². The fourth-order valence-electron chi connectivity index (χ4n) is 1.58. The third-order valence-electron chi connectivity index (χ3n) is 2.66. The molecule has 0 aliphatic carbocycles. The smallest absolute Gasteiger partial charge is 0.249 e. The van der Waals surface area contributed by atoms with E-state index >= 15 is 0 Å². The molecule has 0 bridgehead atoms. The molecule has 0 atom stereocenters. The first kappa shape index (κ1) is 10.4. The fraction of sp³-hybridized carbons (Fsp3) is 0.300. The van der Waals surface area contributed by atoms with Crippen LogP contribution in [0.5, 0.6) is 0 Å². The summed E-state index contributed by atoms with van der Waals surface area (Å²) in [6.07, 6.45) is 0. The zero-order valence-electron chi connectivity index (χ0n) is 8.64. The van der Waals surface area contributed by atoms with E-state index in [1.165, 1.54) is 0 Å². The van der Waals surface area contributed by atoms with Crippen LogP contribution in [0.25, 0.3) is 0 Å². The van der Waals surface area contributed by atoms with Gasteiger partial charge in [0.2, 0.25) is 5.91 Å². The number of primary amides is 1. The van der Waals surface area contributed by atoms with Crippen molar-refractivity contribution >= 4 is 17.3 Å². The largest absolute Gasteiger partial charge is 0.397 e. The molecule has 0 fully saturated rings. The van der Waals surface area contributed by atoms with Crippen LogP contribution < -0.4 is 17.2 Å². The molecule has 6 N–H and O–H groups in total. The number of nitrogens with two attached hydrogens (primary N) is 3. The summed E-state index contributed by atoms with van der Waals surface area (Å²) >= 11 is 0. The van der Waals surface area contributed by atoms with Crippen LogP contribution in [-0.4, -0.2) is 5.91 Å². The molecular weight excluding hydrogens is 178 g/mol. The lowest BCUT2D eigenvalue weighted by atomic mass is 9.94. The first-order valence-corrected chi connectivity index (χ1v) is 4.32. The topological polar surface area (TPSA) is 95.1 Å². The Morgan fingerprint density at radius 2 is 1.36 bits per heavy atom. The maximum atomic E-state index is 11.2. The Morgan fingerprint density at radius 3 is 1.79 bits per heavy atom. The predicted octanol–water partition coefficient (Wildman–Crippen LogP) is 0.875. The maximum absolute atomic E-state index is 11.2. The lowest BCUT2D eigenvalue weighted by Gasteiger charge is -2.15. The molecule has 14 heavy (non-hydrogen) atoms. The van der Waals surface area contributed by atoms with Gasteiger partial charge in [-0.15, -0.1) is 0 Å². The highest BCUT2D eigenvalue weighted by atomic mass is 16.1. The lowest BCUT2D eigenvalue weighted by Crippen LogP contribution is -2.17. The Bertz CT molecular complexity index is 381. The van der Waals surface area contributed by atoms with Gasteiger partial charge in [0.15, 0.2) is 0 Å². The highest BCUT2D eigenvalue weighted by Crippen LogP contribution is 2.30. The number of carbonyl (C=O) groups is 1. The number of nitrogen functional groups attached to an aromatic ring is 2. The quantitative estimate of drug-likeness (QED) is 0.577. The molecule has 1 rings (SSSR count). The third-order valence-corrected chi connectivity index (χ3v) is 2.66. The van der Waals surface area contributed by atoms with E-state index < -0.39 is 5.91 Å². The van der Waals surface area contributed by atoms with Gasteiger partial charge in [0.1, 0.15) is 0 Å². The Morgan fingerprint density at radius 1 is 0.929 bits per heavy atom. The zero-order valence-corrected chi connectivity index (χ0v) is 8.64. The van der Waals surface area contributed by atoms with E-state index in [0.717, 1.165) is 11.1 Å². The summed E-state index contributed by atoms with van der Waals surface area (Å²) in [4.78, 5) is 11.2. The number of benzene rings is 1. The fourth-order valence-corrected chi connectivity index (χ4v) is 1.58. The summed E-state index contributed by atoms with van der Waals surface area (Å²) in [5.74, 6) is -0.463. The van der Waals surface area contributed by atoms with E-state index in [1.54, 1.807) is 6.92 Å². The third kappa shape index (κ3) is 1.28. The Kier molecular flexibility index (Phi) is 2.38.